The Kier molecular flexibility index (Phi) is 2.63. The van der Waals surface area contributed by atoms with Crippen LogP contribution in [-0.4, -0.2) is 18.3 Å². The summed E-state index contributed by atoms with van der Waals surface area (Å²) in [5.74, 6) is 0. The van der Waals surface area contributed by atoms with Gasteiger partial charge in [0.2, 0.25) is 0 Å². The standard InChI is InChI=1S/C12H19BN2O2/c1-11(2)12(3,4)17-13(16-11)8-5-6-9(14)10(15)7-8/h5-7H,14-15H2,1-4H3. The van der Waals surface area contributed by atoms with E-state index >= 15 is 0 Å². The van der Waals surface area contributed by atoms with Gasteiger partial charge >= 0.3 is 7.12 Å². The molecule has 1 aliphatic rings. The lowest BCUT2D eigenvalue weighted by atomic mass is 9.79. The number of nitrogen functional groups attached to an aromatic ring is 2. The first-order valence-corrected chi connectivity index (χ1v) is 5.73. The monoisotopic (exact) mass is 234 g/mol. The summed E-state index contributed by atoms with van der Waals surface area (Å²) in [4.78, 5) is 0. The molecule has 1 fully saturated rings. The second-order valence-electron chi connectivity index (χ2n) is 5.48. The topological polar surface area (TPSA) is 70.5 Å². The minimum Gasteiger partial charge on any atom is -0.399 e. The van der Waals surface area contributed by atoms with E-state index in [1.54, 1.807) is 12.1 Å². The van der Waals surface area contributed by atoms with Gasteiger partial charge < -0.3 is 20.8 Å². The number of hydrogen-bond donors (Lipinski definition) is 2. The van der Waals surface area contributed by atoms with Crippen molar-refractivity contribution in [1.29, 1.82) is 0 Å². The lowest BCUT2D eigenvalue weighted by molar-refractivity contribution is 0.00578. The van der Waals surface area contributed by atoms with Crippen molar-refractivity contribution in [3.63, 3.8) is 0 Å². The smallest absolute Gasteiger partial charge is 0.399 e. The summed E-state index contributed by atoms with van der Waals surface area (Å²) in [5.41, 5.74) is 12.8. The van der Waals surface area contributed by atoms with Crippen LogP contribution in [-0.2, 0) is 9.31 Å². The van der Waals surface area contributed by atoms with Crippen molar-refractivity contribution in [3.05, 3.63) is 18.2 Å². The van der Waals surface area contributed by atoms with Gasteiger partial charge in [0.05, 0.1) is 22.6 Å². The first-order valence-electron chi connectivity index (χ1n) is 5.73. The molecule has 0 bridgehead atoms. The van der Waals surface area contributed by atoms with Gasteiger partial charge in [-0.05, 0) is 45.3 Å². The lowest BCUT2D eigenvalue weighted by Crippen LogP contribution is -2.41. The van der Waals surface area contributed by atoms with Gasteiger partial charge in [0, 0.05) is 0 Å². The first kappa shape index (κ1) is 12.3. The summed E-state index contributed by atoms with van der Waals surface area (Å²) >= 11 is 0. The Morgan fingerprint density at radius 1 is 0.941 bits per heavy atom. The molecule has 1 aliphatic heterocycles. The number of rotatable bonds is 1. The molecule has 1 heterocycles. The minimum atomic E-state index is -0.386. The zero-order valence-electron chi connectivity index (χ0n) is 10.8. The van der Waals surface area contributed by atoms with Crippen molar-refractivity contribution < 1.29 is 9.31 Å². The van der Waals surface area contributed by atoms with E-state index in [2.05, 4.69) is 0 Å². The van der Waals surface area contributed by atoms with E-state index in [0.717, 1.165) is 5.46 Å². The van der Waals surface area contributed by atoms with Crippen LogP contribution in [0.3, 0.4) is 0 Å². The van der Waals surface area contributed by atoms with E-state index in [-0.39, 0.29) is 18.3 Å². The molecular weight excluding hydrogens is 215 g/mol. The van der Waals surface area contributed by atoms with E-state index in [1.165, 1.54) is 0 Å². The van der Waals surface area contributed by atoms with Gasteiger partial charge in [0.15, 0.2) is 0 Å². The van der Waals surface area contributed by atoms with E-state index in [9.17, 15) is 0 Å². The second kappa shape index (κ2) is 3.65. The van der Waals surface area contributed by atoms with Crippen molar-refractivity contribution in [1.82, 2.24) is 0 Å². The van der Waals surface area contributed by atoms with Crippen LogP contribution in [0.25, 0.3) is 0 Å². The molecular formula is C12H19BN2O2. The summed E-state index contributed by atoms with van der Waals surface area (Å²) in [6.07, 6.45) is 0. The Hall–Kier alpha value is -1.20. The highest BCUT2D eigenvalue weighted by Crippen LogP contribution is 2.36. The Morgan fingerprint density at radius 2 is 1.47 bits per heavy atom. The van der Waals surface area contributed by atoms with Gasteiger partial charge in [-0.3, -0.25) is 0 Å². The summed E-state index contributed by atoms with van der Waals surface area (Å²) in [6.45, 7) is 8.09. The highest BCUT2D eigenvalue weighted by molar-refractivity contribution is 6.62. The molecule has 4 nitrogen and oxygen atoms in total. The molecule has 0 aliphatic carbocycles. The molecule has 0 spiro atoms. The Morgan fingerprint density at radius 3 is 1.94 bits per heavy atom. The molecule has 2 rings (SSSR count). The number of nitrogens with two attached hydrogens (primary N) is 2. The minimum absolute atomic E-state index is 0.339. The van der Waals surface area contributed by atoms with Gasteiger partial charge in [-0.1, -0.05) is 6.07 Å². The SMILES string of the molecule is CC1(C)OB(c2ccc(N)c(N)c2)OC1(C)C. The molecule has 1 aromatic rings. The van der Waals surface area contributed by atoms with E-state index in [4.69, 9.17) is 20.8 Å². The van der Waals surface area contributed by atoms with Crippen LogP contribution in [0.1, 0.15) is 27.7 Å². The highest BCUT2D eigenvalue weighted by atomic mass is 16.7. The van der Waals surface area contributed by atoms with Crippen molar-refractivity contribution >= 4 is 24.0 Å². The molecule has 0 radical (unpaired) electrons. The van der Waals surface area contributed by atoms with E-state index in [0.29, 0.717) is 11.4 Å². The predicted molar refractivity (Wildman–Crippen MR) is 71.0 cm³/mol. The van der Waals surface area contributed by atoms with Crippen LogP contribution >= 0.6 is 0 Å². The van der Waals surface area contributed by atoms with Crippen LogP contribution in [0.5, 0.6) is 0 Å². The number of benzene rings is 1. The normalized spacial score (nSPS) is 21.8. The number of hydrogen-bond acceptors (Lipinski definition) is 4. The molecule has 0 atom stereocenters. The number of anilines is 2. The van der Waals surface area contributed by atoms with Crippen LogP contribution in [0, 0.1) is 0 Å². The summed E-state index contributed by atoms with van der Waals surface area (Å²) in [5, 5.41) is 0. The maximum Gasteiger partial charge on any atom is 0.494 e. The van der Waals surface area contributed by atoms with Gasteiger partial charge in [-0.2, -0.15) is 0 Å². The third-order valence-electron chi connectivity index (χ3n) is 3.64. The zero-order valence-corrected chi connectivity index (χ0v) is 10.8. The molecule has 92 valence electrons. The summed E-state index contributed by atoms with van der Waals surface area (Å²) in [7, 11) is -0.386. The van der Waals surface area contributed by atoms with Crippen molar-refractivity contribution in [3.8, 4) is 0 Å². The summed E-state index contributed by atoms with van der Waals surface area (Å²) in [6, 6.07) is 5.46. The Bertz CT molecular complexity index is 430. The lowest BCUT2D eigenvalue weighted by Gasteiger charge is -2.32. The van der Waals surface area contributed by atoms with Crippen molar-refractivity contribution in [2.75, 3.05) is 11.5 Å². The molecule has 0 amide bonds. The highest BCUT2D eigenvalue weighted by Gasteiger charge is 2.51. The molecule has 5 heteroatoms. The average molecular weight is 234 g/mol. The maximum absolute atomic E-state index is 5.93. The molecule has 17 heavy (non-hydrogen) atoms. The van der Waals surface area contributed by atoms with Gasteiger partial charge in [-0.25, -0.2) is 0 Å². The predicted octanol–water partition coefficient (Wildman–Crippen LogP) is 1.15. The molecule has 0 aromatic heterocycles. The van der Waals surface area contributed by atoms with Gasteiger partial charge in [-0.15, -0.1) is 0 Å². The van der Waals surface area contributed by atoms with Crippen LogP contribution in [0.2, 0.25) is 0 Å². The fraction of sp³-hybridized carbons (Fsp3) is 0.500. The van der Waals surface area contributed by atoms with Crippen LogP contribution in [0.4, 0.5) is 11.4 Å². The molecule has 0 unspecified atom stereocenters. The zero-order chi connectivity index (χ0) is 12.8. The quantitative estimate of drug-likeness (QED) is 0.564. The van der Waals surface area contributed by atoms with E-state index in [1.807, 2.05) is 33.8 Å². The fourth-order valence-electron chi connectivity index (χ4n) is 1.72. The van der Waals surface area contributed by atoms with Gasteiger partial charge in [0.1, 0.15) is 0 Å². The fourth-order valence-corrected chi connectivity index (χ4v) is 1.72. The third kappa shape index (κ3) is 2.00. The van der Waals surface area contributed by atoms with Crippen LogP contribution < -0.4 is 16.9 Å². The largest absolute Gasteiger partial charge is 0.494 e. The Balaban J connectivity index is 2.29. The molecule has 1 saturated heterocycles. The molecule has 0 saturated carbocycles. The summed E-state index contributed by atoms with van der Waals surface area (Å²) < 4.78 is 11.9. The second-order valence-corrected chi connectivity index (χ2v) is 5.48. The molecule has 4 N–H and O–H groups in total. The maximum atomic E-state index is 5.93. The first-order chi connectivity index (χ1) is 7.73. The average Bonchev–Trinajstić information content (AvgIpc) is 2.41. The Labute approximate surface area is 102 Å². The molecule has 1 aromatic carbocycles. The van der Waals surface area contributed by atoms with Crippen LogP contribution in [0.15, 0.2) is 18.2 Å². The van der Waals surface area contributed by atoms with Gasteiger partial charge in [0.25, 0.3) is 0 Å². The van der Waals surface area contributed by atoms with E-state index < -0.39 is 0 Å². The third-order valence-corrected chi connectivity index (χ3v) is 3.64. The van der Waals surface area contributed by atoms with Crippen molar-refractivity contribution in [2.45, 2.75) is 38.9 Å². The van der Waals surface area contributed by atoms with Crippen molar-refractivity contribution in [2.24, 2.45) is 0 Å².